The van der Waals surface area contributed by atoms with E-state index in [1.807, 2.05) is 18.2 Å². The number of benzene rings is 2. The van der Waals surface area contributed by atoms with E-state index in [0.29, 0.717) is 0 Å². The predicted molar refractivity (Wildman–Crippen MR) is 70.4 cm³/mol. The van der Waals surface area contributed by atoms with Crippen molar-refractivity contribution in [3.05, 3.63) is 41.5 Å². The third-order valence-corrected chi connectivity index (χ3v) is 3.26. The molecule has 0 fully saturated rings. The highest BCUT2D eigenvalue weighted by Gasteiger charge is 2.11. The Morgan fingerprint density at radius 2 is 1.94 bits per heavy atom. The van der Waals surface area contributed by atoms with E-state index in [0.717, 1.165) is 21.4 Å². The predicted octanol–water partition coefficient (Wildman–Crippen LogP) is 4.49. The molecule has 2 heteroatoms. The molecule has 80 valence electrons. The molecule has 16 heavy (non-hydrogen) atoms. The fourth-order valence-electron chi connectivity index (χ4n) is 2.23. The van der Waals surface area contributed by atoms with Crippen molar-refractivity contribution in [1.82, 2.24) is 0 Å². The zero-order valence-electron chi connectivity index (χ0n) is 9.24. The van der Waals surface area contributed by atoms with E-state index < -0.39 is 0 Å². The Kier molecular flexibility index (Phi) is 2.01. The van der Waals surface area contributed by atoms with Crippen molar-refractivity contribution in [2.75, 3.05) is 0 Å². The summed E-state index contributed by atoms with van der Waals surface area (Å²) >= 11 is 4.47. The first kappa shape index (κ1) is 9.79. The first-order chi connectivity index (χ1) is 7.66. The largest absolute Gasteiger partial charge is 0.455 e. The van der Waals surface area contributed by atoms with Crippen LogP contribution in [0.1, 0.15) is 11.1 Å². The maximum atomic E-state index is 5.84. The fourth-order valence-corrected chi connectivity index (χ4v) is 2.60. The van der Waals surface area contributed by atoms with Crippen LogP contribution in [-0.2, 0) is 0 Å². The van der Waals surface area contributed by atoms with E-state index in [-0.39, 0.29) is 0 Å². The van der Waals surface area contributed by atoms with E-state index in [2.05, 4.69) is 38.6 Å². The summed E-state index contributed by atoms with van der Waals surface area (Å²) in [4.78, 5) is 0.908. The first-order valence-corrected chi connectivity index (χ1v) is 5.73. The Balaban J connectivity index is 2.63. The molecule has 3 rings (SSSR count). The number of thiol groups is 1. The van der Waals surface area contributed by atoms with Crippen molar-refractivity contribution in [2.45, 2.75) is 18.7 Å². The monoisotopic (exact) mass is 228 g/mol. The molecule has 0 N–H and O–H groups in total. The number of hydrogen-bond acceptors (Lipinski definition) is 2. The normalized spacial score (nSPS) is 11.4. The van der Waals surface area contributed by atoms with Gasteiger partial charge in [-0.3, -0.25) is 0 Å². The van der Waals surface area contributed by atoms with Crippen molar-refractivity contribution >= 4 is 34.6 Å². The van der Waals surface area contributed by atoms with Gasteiger partial charge in [0.05, 0.1) is 0 Å². The van der Waals surface area contributed by atoms with Gasteiger partial charge in [0.1, 0.15) is 11.2 Å². The minimum absolute atomic E-state index is 0.887. The number of furan rings is 1. The standard InChI is InChI=1S/C14H12OS/c1-8-6-10-13-9(2)4-3-5-11(13)15-14(10)12(16)7-8/h3-7,16H,1-2H3. The van der Waals surface area contributed by atoms with Gasteiger partial charge in [0, 0.05) is 15.7 Å². The molecule has 0 aliphatic rings. The zero-order valence-corrected chi connectivity index (χ0v) is 10.1. The summed E-state index contributed by atoms with van der Waals surface area (Å²) in [7, 11) is 0. The van der Waals surface area contributed by atoms with Crippen LogP contribution in [0, 0.1) is 13.8 Å². The number of fused-ring (bicyclic) bond motifs is 3. The molecule has 0 saturated heterocycles. The van der Waals surface area contributed by atoms with Gasteiger partial charge in [0.2, 0.25) is 0 Å². The van der Waals surface area contributed by atoms with Crippen LogP contribution >= 0.6 is 12.6 Å². The quantitative estimate of drug-likeness (QED) is 0.559. The molecular formula is C14H12OS. The second-order valence-corrected chi connectivity index (χ2v) is 4.69. The Morgan fingerprint density at radius 3 is 2.75 bits per heavy atom. The van der Waals surface area contributed by atoms with Crippen LogP contribution in [-0.4, -0.2) is 0 Å². The smallest absolute Gasteiger partial charge is 0.148 e. The van der Waals surface area contributed by atoms with Crippen LogP contribution in [0.2, 0.25) is 0 Å². The molecule has 3 aromatic rings. The Morgan fingerprint density at radius 1 is 1.12 bits per heavy atom. The Bertz CT molecular complexity index is 695. The highest BCUT2D eigenvalue weighted by Crippen LogP contribution is 2.34. The molecule has 0 aliphatic carbocycles. The van der Waals surface area contributed by atoms with Gasteiger partial charge in [-0.15, -0.1) is 12.6 Å². The summed E-state index contributed by atoms with van der Waals surface area (Å²) in [5.41, 5.74) is 4.28. The van der Waals surface area contributed by atoms with Crippen molar-refractivity contribution in [3.8, 4) is 0 Å². The van der Waals surface area contributed by atoms with Crippen molar-refractivity contribution in [3.63, 3.8) is 0 Å². The second kappa shape index (κ2) is 3.29. The molecule has 0 amide bonds. The second-order valence-electron chi connectivity index (χ2n) is 4.21. The lowest BCUT2D eigenvalue weighted by molar-refractivity contribution is 0.660. The lowest BCUT2D eigenvalue weighted by Gasteiger charge is -1.97. The van der Waals surface area contributed by atoms with E-state index in [9.17, 15) is 0 Å². The molecular weight excluding hydrogens is 216 g/mol. The van der Waals surface area contributed by atoms with Gasteiger partial charge in [-0.25, -0.2) is 0 Å². The van der Waals surface area contributed by atoms with Crippen LogP contribution in [0.5, 0.6) is 0 Å². The summed E-state index contributed by atoms with van der Waals surface area (Å²) in [6.45, 7) is 4.19. The fraction of sp³-hybridized carbons (Fsp3) is 0.143. The molecule has 0 saturated carbocycles. The SMILES string of the molecule is Cc1cc(S)c2oc3cccc(C)c3c2c1. The molecule has 2 aromatic carbocycles. The van der Waals surface area contributed by atoms with Crippen LogP contribution in [0.15, 0.2) is 39.6 Å². The average molecular weight is 228 g/mol. The van der Waals surface area contributed by atoms with Gasteiger partial charge >= 0.3 is 0 Å². The van der Waals surface area contributed by atoms with Crippen molar-refractivity contribution < 1.29 is 4.42 Å². The highest BCUT2D eigenvalue weighted by molar-refractivity contribution is 7.80. The number of hydrogen-bond donors (Lipinski definition) is 1. The Hall–Kier alpha value is -1.41. The Labute approximate surface area is 99.5 Å². The van der Waals surface area contributed by atoms with E-state index >= 15 is 0 Å². The maximum Gasteiger partial charge on any atom is 0.148 e. The number of rotatable bonds is 0. The van der Waals surface area contributed by atoms with Gasteiger partial charge in [-0.05, 0) is 43.2 Å². The summed E-state index contributed by atoms with van der Waals surface area (Å²) in [6, 6.07) is 10.3. The molecule has 1 heterocycles. The van der Waals surface area contributed by atoms with Gasteiger partial charge in [0.25, 0.3) is 0 Å². The summed E-state index contributed by atoms with van der Waals surface area (Å²) in [5.74, 6) is 0. The van der Waals surface area contributed by atoms with E-state index in [4.69, 9.17) is 4.42 Å². The van der Waals surface area contributed by atoms with Crippen molar-refractivity contribution in [1.29, 1.82) is 0 Å². The van der Waals surface area contributed by atoms with E-state index in [1.54, 1.807) is 0 Å². The highest BCUT2D eigenvalue weighted by atomic mass is 32.1. The zero-order chi connectivity index (χ0) is 11.3. The molecule has 0 spiro atoms. The van der Waals surface area contributed by atoms with E-state index in [1.165, 1.54) is 16.5 Å². The number of aryl methyl sites for hydroxylation is 2. The molecule has 0 radical (unpaired) electrons. The molecule has 0 atom stereocenters. The third-order valence-electron chi connectivity index (χ3n) is 2.93. The van der Waals surface area contributed by atoms with Crippen LogP contribution < -0.4 is 0 Å². The molecule has 1 aromatic heterocycles. The third kappa shape index (κ3) is 1.26. The summed E-state index contributed by atoms with van der Waals surface area (Å²) in [6.07, 6.45) is 0. The van der Waals surface area contributed by atoms with Gasteiger partial charge in [-0.2, -0.15) is 0 Å². The van der Waals surface area contributed by atoms with Crippen LogP contribution in [0.25, 0.3) is 21.9 Å². The minimum Gasteiger partial charge on any atom is -0.455 e. The van der Waals surface area contributed by atoms with Gasteiger partial charge in [-0.1, -0.05) is 12.1 Å². The molecule has 0 unspecified atom stereocenters. The topological polar surface area (TPSA) is 13.1 Å². The van der Waals surface area contributed by atoms with Crippen LogP contribution in [0.3, 0.4) is 0 Å². The van der Waals surface area contributed by atoms with Crippen molar-refractivity contribution in [2.24, 2.45) is 0 Å². The lowest BCUT2D eigenvalue weighted by Crippen LogP contribution is -1.76. The lowest BCUT2D eigenvalue weighted by atomic mass is 10.1. The summed E-state index contributed by atoms with van der Waals surface area (Å²) in [5, 5.41) is 2.37. The summed E-state index contributed by atoms with van der Waals surface area (Å²) < 4.78 is 5.84. The van der Waals surface area contributed by atoms with Gasteiger partial charge < -0.3 is 4.42 Å². The molecule has 1 nitrogen and oxygen atoms in total. The molecule has 0 aliphatic heterocycles. The molecule has 0 bridgehead atoms. The van der Waals surface area contributed by atoms with Crippen LogP contribution in [0.4, 0.5) is 0 Å². The average Bonchev–Trinajstić information content (AvgIpc) is 2.58. The maximum absolute atomic E-state index is 5.84. The first-order valence-electron chi connectivity index (χ1n) is 5.28. The minimum atomic E-state index is 0.887. The van der Waals surface area contributed by atoms with Gasteiger partial charge in [0.15, 0.2) is 0 Å².